The van der Waals surface area contributed by atoms with Gasteiger partial charge < -0.3 is 4.74 Å². The van der Waals surface area contributed by atoms with E-state index in [0.717, 1.165) is 31.2 Å². The van der Waals surface area contributed by atoms with Crippen LogP contribution in [0.15, 0.2) is 39.9 Å². The first kappa shape index (κ1) is 23.0. The first-order valence-electron chi connectivity index (χ1n) is 11.7. The number of hydrogen-bond acceptors (Lipinski definition) is 5. The molecule has 1 aliphatic rings. The van der Waals surface area contributed by atoms with Crippen molar-refractivity contribution in [3.63, 3.8) is 0 Å². The van der Waals surface area contributed by atoms with Crippen molar-refractivity contribution in [2.75, 3.05) is 0 Å². The molecule has 0 spiro atoms. The second-order valence-electron chi connectivity index (χ2n) is 9.75. The highest BCUT2D eigenvalue weighted by molar-refractivity contribution is 5.86. The van der Waals surface area contributed by atoms with Gasteiger partial charge >= 0.3 is 11.8 Å². The van der Waals surface area contributed by atoms with E-state index in [9.17, 15) is 14.4 Å². The quantitative estimate of drug-likeness (QED) is 0.577. The minimum atomic E-state index is -0.735. The molecule has 1 aromatic carbocycles. The van der Waals surface area contributed by atoms with Gasteiger partial charge in [-0.05, 0) is 45.6 Å². The zero-order valence-corrected chi connectivity index (χ0v) is 19.8. The van der Waals surface area contributed by atoms with Crippen molar-refractivity contribution in [3.05, 3.63) is 62.6 Å². The molecule has 0 N–H and O–H groups in total. The Morgan fingerprint density at radius 3 is 2.36 bits per heavy atom. The lowest BCUT2D eigenvalue weighted by atomic mass is 10.1. The molecule has 8 nitrogen and oxygen atoms in total. The molecule has 8 heteroatoms. The maximum Gasteiger partial charge on any atom is 0.420 e. The lowest BCUT2D eigenvalue weighted by molar-refractivity contribution is 0.0536. The van der Waals surface area contributed by atoms with Crippen molar-refractivity contribution in [2.45, 2.75) is 84.4 Å². The van der Waals surface area contributed by atoms with Crippen LogP contribution in [-0.4, -0.2) is 30.4 Å². The van der Waals surface area contributed by atoms with E-state index in [-0.39, 0.29) is 30.2 Å². The minimum Gasteiger partial charge on any atom is -0.443 e. The van der Waals surface area contributed by atoms with Crippen LogP contribution in [0.4, 0.5) is 4.79 Å². The predicted molar refractivity (Wildman–Crippen MR) is 127 cm³/mol. The molecule has 1 fully saturated rings. The van der Waals surface area contributed by atoms with Gasteiger partial charge in [-0.2, -0.15) is 0 Å². The number of nitrogens with zero attached hydrogens (tertiary/aromatic N) is 4. The predicted octanol–water partition coefficient (Wildman–Crippen LogP) is 4.26. The number of hydrogen-bond donors (Lipinski definition) is 0. The van der Waals surface area contributed by atoms with Gasteiger partial charge in [0.1, 0.15) is 11.4 Å². The second kappa shape index (κ2) is 9.00. The van der Waals surface area contributed by atoms with Crippen molar-refractivity contribution >= 4 is 17.3 Å². The number of carbonyl (C=O) groups is 1. The molecule has 1 saturated carbocycles. The Labute approximate surface area is 192 Å². The van der Waals surface area contributed by atoms with Gasteiger partial charge in [0, 0.05) is 12.5 Å². The molecule has 0 unspecified atom stereocenters. The Hall–Kier alpha value is -3.16. The highest BCUT2D eigenvalue weighted by Crippen LogP contribution is 2.35. The first-order valence-corrected chi connectivity index (χ1v) is 11.7. The van der Waals surface area contributed by atoms with Crippen LogP contribution >= 0.6 is 0 Å². The second-order valence-corrected chi connectivity index (χ2v) is 9.75. The molecule has 0 amide bonds. The Bertz CT molecular complexity index is 1270. The zero-order chi connectivity index (χ0) is 23.8. The monoisotopic (exact) mass is 452 g/mol. The molecule has 4 rings (SSSR count). The molecule has 0 saturated heterocycles. The van der Waals surface area contributed by atoms with E-state index in [1.54, 1.807) is 20.8 Å². The number of ether oxygens (including phenoxy) is 1. The van der Waals surface area contributed by atoms with E-state index in [1.807, 2.05) is 37.3 Å². The van der Waals surface area contributed by atoms with E-state index >= 15 is 0 Å². The van der Waals surface area contributed by atoms with E-state index in [2.05, 4.69) is 0 Å². The highest BCUT2D eigenvalue weighted by atomic mass is 16.6. The molecule has 0 radical (unpaired) electrons. The SMILES string of the molecule is CCCn1c(=O)c2c(nc(C3CCCC3)n2C(=O)OC(C)(C)C)n(Cc2ccccc2)c1=O. The average molecular weight is 453 g/mol. The van der Waals surface area contributed by atoms with Crippen molar-refractivity contribution in [1.82, 2.24) is 18.7 Å². The lowest BCUT2D eigenvalue weighted by Crippen LogP contribution is -2.41. The van der Waals surface area contributed by atoms with Crippen molar-refractivity contribution < 1.29 is 9.53 Å². The molecular weight excluding hydrogens is 420 g/mol. The van der Waals surface area contributed by atoms with E-state index in [4.69, 9.17) is 9.72 Å². The molecule has 176 valence electrons. The number of aromatic nitrogens is 4. The van der Waals surface area contributed by atoms with Gasteiger partial charge in [-0.3, -0.25) is 13.9 Å². The normalized spacial score (nSPS) is 14.8. The summed E-state index contributed by atoms with van der Waals surface area (Å²) in [6.45, 7) is 7.81. The number of benzene rings is 1. The largest absolute Gasteiger partial charge is 0.443 e. The fourth-order valence-electron chi connectivity index (χ4n) is 4.54. The fraction of sp³-hybridized carbons (Fsp3) is 0.520. The third-order valence-corrected chi connectivity index (χ3v) is 5.98. The third kappa shape index (κ3) is 4.51. The number of carbonyl (C=O) groups excluding carboxylic acids is 1. The van der Waals surface area contributed by atoms with E-state index in [0.29, 0.717) is 12.2 Å². The van der Waals surface area contributed by atoms with Gasteiger partial charge in [0.05, 0.1) is 6.54 Å². The molecule has 1 aliphatic carbocycles. The summed E-state index contributed by atoms with van der Waals surface area (Å²) in [5.74, 6) is 0.563. The molecule has 3 aromatic rings. The van der Waals surface area contributed by atoms with Crippen LogP contribution in [0.5, 0.6) is 0 Å². The number of rotatable bonds is 5. The van der Waals surface area contributed by atoms with Crippen LogP contribution in [0.1, 0.15) is 77.1 Å². The van der Waals surface area contributed by atoms with E-state index in [1.165, 1.54) is 13.7 Å². The molecule has 33 heavy (non-hydrogen) atoms. The van der Waals surface area contributed by atoms with Gasteiger partial charge in [0.15, 0.2) is 11.2 Å². The summed E-state index contributed by atoms with van der Waals surface area (Å²) in [6.07, 6.45) is 3.84. The van der Waals surface area contributed by atoms with Crippen LogP contribution in [0, 0.1) is 0 Å². The summed E-state index contributed by atoms with van der Waals surface area (Å²) in [6, 6.07) is 9.58. The molecule has 2 aromatic heterocycles. The Morgan fingerprint density at radius 1 is 1.09 bits per heavy atom. The van der Waals surface area contributed by atoms with Gasteiger partial charge in [-0.15, -0.1) is 0 Å². The maximum atomic E-state index is 13.5. The Balaban J connectivity index is 2.03. The zero-order valence-electron chi connectivity index (χ0n) is 19.8. The van der Waals surface area contributed by atoms with Gasteiger partial charge in [0.2, 0.25) is 0 Å². The smallest absolute Gasteiger partial charge is 0.420 e. The van der Waals surface area contributed by atoms with Crippen molar-refractivity contribution in [2.24, 2.45) is 0 Å². The summed E-state index contributed by atoms with van der Waals surface area (Å²) in [5.41, 5.74) is -0.364. The Kier molecular flexibility index (Phi) is 6.28. The Morgan fingerprint density at radius 2 is 1.76 bits per heavy atom. The summed E-state index contributed by atoms with van der Waals surface area (Å²) in [4.78, 5) is 45.1. The maximum absolute atomic E-state index is 13.5. The summed E-state index contributed by atoms with van der Waals surface area (Å²) < 4.78 is 9.75. The average Bonchev–Trinajstić information content (AvgIpc) is 3.41. The third-order valence-electron chi connectivity index (χ3n) is 5.98. The van der Waals surface area contributed by atoms with Crippen molar-refractivity contribution in [3.8, 4) is 0 Å². The lowest BCUT2D eigenvalue weighted by Gasteiger charge is -2.21. The van der Waals surface area contributed by atoms with Crippen LogP contribution in [0.25, 0.3) is 11.2 Å². The van der Waals surface area contributed by atoms with Crippen LogP contribution in [0.3, 0.4) is 0 Å². The number of fused-ring (bicyclic) bond motifs is 1. The molecular formula is C25H32N4O4. The highest BCUT2D eigenvalue weighted by Gasteiger charge is 2.32. The van der Waals surface area contributed by atoms with Crippen LogP contribution in [-0.2, 0) is 17.8 Å². The summed E-state index contributed by atoms with van der Waals surface area (Å²) >= 11 is 0. The molecule has 0 bridgehead atoms. The number of imidazole rings is 1. The van der Waals surface area contributed by atoms with Crippen LogP contribution < -0.4 is 11.2 Å². The van der Waals surface area contributed by atoms with E-state index < -0.39 is 22.9 Å². The minimum absolute atomic E-state index is 0.0456. The van der Waals surface area contributed by atoms with Gasteiger partial charge in [-0.1, -0.05) is 50.1 Å². The summed E-state index contributed by atoms with van der Waals surface area (Å²) in [5, 5.41) is 0. The first-order chi connectivity index (χ1) is 15.7. The standard InChI is InChI=1S/C25H32N4O4/c1-5-15-27-22(30)19-21(28(23(27)31)16-17-11-7-6-8-12-17)26-20(18-13-9-10-14-18)29(19)24(32)33-25(2,3)4/h6-8,11-12,18H,5,9-10,13-16H2,1-4H3. The topological polar surface area (TPSA) is 88.1 Å². The summed E-state index contributed by atoms with van der Waals surface area (Å²) in [7, 11) is 0. The molecule has 2 heterocycles. The fourth-order valence-corrected chi connectivity index (χ4v) is 4.54. The van der Waals surface area contributed by atoms with Gasteiger partial charge in [-0.25, -0.2) is 19.1 Å². The molecule has 0 aliphatic heterocycles. The molecule has 0 atom stereocenters. The van der Waals surface area contributed by atoms with Crippen LogP contribution in [0.2, 0.25) is 0 Å². The van der Waals surface area contributed by atoms with Crippen molar-refractivity contribution in [1.29, 1.82) is 0 Å². The van der Waals surface area contributed by atoms with Gasteiger partial charge in [0.25, 0.3) is 5.56 Å².